The summed E-state index contributed by atoms with van der Waals surface area (Å²) in [5.41, 5.74) is 6.20. The summed E-state index contributed by atoms with van der Waals surface area (Å²) in [6, 6.07) is 0. The molecule has 1 aliphatic rings. The molecule has 1 aliphatic heterocycles. The maximum Gasteiger partial charge on any atom is 0.138 e. The van der Waals surface area contributed by atoms with Crippen LogP contribution in [0, 0.1) is 0 Å². The Kier molecular flexibility index (Phi) is 3.56. The van der Waals surface area contributed by atoms with Crippen LogP contribution in [0.5, 0.6) is 0 Å². The second kappa shape index (κ2) is 4.93. The first-order valence-electron chi connectivity index (χ1n) is 5.97. The van der Waals surface area contributed by atoms with Crippen molar-refractivity contribution in [2.45, 2.75) is 44.7 Å². The van der Waals surface area contributed by atoms with Gasteiger partial charge in [0.15, 0.2) is 0 Å². The highest BCUT2D eigenvalue weighted by molar-refractivity contribution is 4.98. The summed E-state index contributed by atoms with van der Waals surface area (Å²) >= 11 is 0. The lowest BCUT2D eigenvalue weighted by atomic mass is 9.87. The number of nitrogens with zero attached hydrogens (tertiary/aromatic N) is 3. The molecule has 0 spiro atoms. The van der Waals surface area contributed by atoms with Crippen LogP contribution in [0.25, 0.3) is 0 Å². The molecule has 2 N–H and O–H groups in total. The largest absolute Gasteiger partial charge is 0.381 e. The van der Waals surface area contributed by atoms with Gasteiger partial charge in [-0.2, -0.15) is 5.10 Å². The lowest BCUT2D eigenvalue weighted by molar-refractivity contribution is 0.0523. The van der Waals surface area contributed by atoms with E-state index in [9.17, 15) is 0 Å². The van der Waals surface area contributed by atoms with Crippen molar-refractivity contribution in [3.63, 3.8) is 0 Å². The van der Waals surface area contributed by atoms with Crippen LogP contribution in [0.3, 0.4) is 0 Å². The molecule has 5 heteroatoms. The van der Waals surface area contributed by atoms with Gasteiger partial charge >= 0.3 is 0 Å². The smallest absolute Gasteiger partial charge is 0.138 e. The van der Waals surface area contributed by atoms with Crippen LogP contribution in [0.15, 0.2) is 6.33 Å². The van der Waals surface area contributed by atoms with Crippen molar-refractivity contribution in [3.8, 4) is 0 Å². The summed E-state index contributed by atoms with van der Waals surface area (Å²) in [5, 5.41) is 4.22. The quantitative estimate of drug-likeness (QED) is 0.819. The molecule has 0 unspecified atom stereocenters. The third-order valence-electron chi connectivity index (χ3n) is 3.13. The lowest BCUT2D eigenvalue weighted by Gasteiger charge is -2.32. The van der Waals surface area contributed by atoms with Crippen LogP contribution in [0.1, 0.15) is 32.0 Å². The number of rotatable bonds is 4. The maximum absolute atomic E-state index is 6.35. The molecule has 0 amide bonds. The van der Waals surface area contributed by atoms with E-state index in [1.54, 1.807) is 6.33 Å². The first-order valence-corrected chi connectivity index (χ1v) is 5.97. The van der Waals surface area contributed by atoms with E-state index in [2.05, 4.69) is 17.0 Å². The zero-order valence-electron chi connectivity index (χ0n) is 9.85. The second-order valence-electron chi connectivity index (χ2n) is 4.55. The predicted octanol–water partition coefficient (Wildman–Crippen LogP) is 0.738. The van der Waals surface area contributed by atoms with E-state index in [4.69, 9.17) is 10.5 Å². The van der Waals surface area contributed by atoms with Crippen molar-refractivity contribution in [1.29, 1.82) is 0 Å². The molecule has 16 heavy (non-hydrogen) atoms. The minimum absolute atomic E-state index is 0.156. The molecular weight excluding hydrogens is 204 g/mol. The van der Waals surface area contributed by atoms with Gasteiger partial charge in [-0.25, -0.2) is 4.98 Å². The van der Waals surface area contributed by atoms with Gasteiger partial charge in [0.2, 0.25) is 0 Å². The van der Waals surface area contributed by atoms with E-state index >= 15 is 0 Å². The van der Waals surface area contributed by atoms with Gasteiger partial charge in [-0.3, -0.25) is 4.68 Å². The van der Waals surface area contributed by atoms with Gasteiger partial charge in [-0.1, -0.05) is 6.92 Å². The molecule has 2 heterocycles. The summed E-state index contributed by atoms with van der Waals surface area (Å²) < 4.78 is 7.30. The summed E-state index contributed by atoms with van der Waals surface area (Å²) in [5.74, 6) is 1.01. The normalized spacial score (nSPS) is 19.9. The van der Waals surface area contributed by atoms with E-state index < -0.39 is 0 Å². The van der Waals surface area contributed by atoms with Crippen LogP contribution in [-0.2, 0) is 17.7 Å². The van der Waals surface area contributed by atoms with Crippen molar-refractivity contribution in [1.82, 2.24) is 14.8 Å². The van der Waals surface area contributed by atoms with E-state index in [0.29, 0.717) is 0 Å². The fourth-order valence-corrected chi connectivity index (χ4v) is 2.09. The summed E-state index contributed by atoms with van der Waals surface area (Å²) in [6.45, 7) is 4.58. The van der Waals surface area contributed by atoms with E-state index in [1.807, 2.05) is 4.68 Å². The molecule has 1 aromatic heterocycles. The predicted molar refractivity (Wildman–Crippen MR) is 61.0 cm³/mol. The average Bonchev–Trinajstić information content (AvgIpc) is 2.67. The molecule has 0 saturated carbocycles. The molecule has 0 aliphatic carbocycles. The summed E-state index contributed by atoms with van der Waals surface area (Å²) in [4.78, 5) is 4.31. The van der Waals surface area contributed by atoms with Crippen LogP contribution in [0.2, 0.25) is 0 Å². The molecule has 1 fully saturated rings. The Morgan fingerprint density at radius 2 is 2.25 bits per heavy atom. The molecule has 0 aromatic carbocycles. The number of ether oxygens (including phenoxy) is 1. The fourth-order valence-electron chi connectivity index (χ4n) is 2.09. The SMILES string of the molecule is CCCn1ncnc1CC1(N)CCOCC1. The Morgan fingerprint density at radius 3 is 2.94 bits per heavy atom. The minimum atomic E-state index is -0.156. The van der Waals surface area contributed by atoms with E-state index in [1.165, 1.54) is 0 Å². The summed E-state index contributed by atoms with van der Waals surface area (Å²) in [6.07, 6.45) is 5.30. The van der Waals surface area contributed by atoms with E-state index in [0.717, 1.165) is 51.3 Å². The van der Waals surface area contributed by atoms with Crippen LogP contribution in [0.4, 0.5) is 0 Å². The zero-order valence-corrected chi connectivity index (χ0v) is 9.85. The number of nitrogens with two attached hydrogens (primary N) is 1. The van der Waals surface area contributed by atoms with Crippen LogP contribution in [-0.4, -0.2) is 33.5 Å². The van der Waals surface area contributed by atoms with Crippen molar-refractivity contribution < 1.29 is 4.74 Å². The number of aromatic nitrogens is 3. The molecule has 5 nitrogen and oxygen atoms in total. The molecule has 1 saturated heterocycles. The minimum Gasteiger partial charge on any atom is -0.381 e. The van der Waals surface area contributed by atoms with Gasteiger partial charge in [0.1, 0.15) is 12.2 Å². The Hall–Kier alpha value is -0.940. The van der Waals surface area contributed by atoms with Crippen molar-refractivity contribution in [2.75, 3.05) is 13.2 Å². The molecule has 0 atom stereocenters. The van der Waals surface area contributed by atoms with Crippen molar-refractivity contribution in [2.24, 2.45) is 5.73 Å². The Bertz CT molecular complexity index is 330. The lowest BCUT2D eigenvalue weighted by Crippen LogP contribution is -2.47. The van der Waals surface area contributed by atoms with E-state index in [-0.39, 0.29) is 5.54 Å². The van der Waals surface area contributed by atoms with Gasteiger partial charge in [-0.05, 0) is 19.3 Å². The summed E-state index contributed by atoms with van der Waals surface area (Å²) in [7, 11) is 0. The Labute approximate surface area is 96.0 Å². The van der Waals surface area contributed by atoms with Gasteiger partial charge in [0.05, 0.1) is 0 Å². The topological polar surface area (TPSA) is 66.0 Å². The first-order chi connectivity index (χ1) is 7.73. The Morgan fingerprint density at radius 1 is 1.50 bits per heavy atom. The fraction of sp³-hybridized carbons (Fsp3) is 0.818. The molecule has 0 radical (unpaired) electrons. The number of hydrogen-bond donors (Lipinski definition) is 1. The van der Waals surface area contributed by atoms with Gasteiger partial charge < -0.3 is 10.5 Å². The van der Waals surface area contributed by atoms with Crippen molar-refractivity contribution >= 4 is 0 Å². The highest BCUT2D eigenvalue weighted by Crippen LogP contribution is 2.21. The van der Waals surface area contributed by atoms with Crippen LogP contribution < -0.4 is 5.73 Å². The van der Waals surface area contributed by atoms with Gasteiger partial charge in [0, 0.05) is 31.7 Å². The molecule has 1 aromatic rings. The maximum atomic E-state index is 6.35. The number of aryl methyl sites for hydroxylation is 1. The second-order valence-corrected chi connectivity index (χ2v) is 4.55. The molecule has 0 bridgehead atoms. The van der Waals surface area contributed by atoms with Crippen LogP contribution >= 0.6 is 0 Å². The van der Waals surface area contributed by atoms with Gasteiger partial charge in [-0.15, -0.1) is 0 Å². The zero-order chi connectivity index (χ0) is 11.4. The number of hydrogen-bond acceptors (Lipinski definition) is 4. The first kappa shape index (κ1) is 11.5. The Balaban J connectivity index is 2.04. The monoisotopic (exact) mass is 224 g/mol. The van der Waals surface area contributed by atoms with Crippen molar-refractivity contribution in [3.05, 3.63) is 12.2 Å². The molecule has 2 rings (SSSR count). The molecule has 90 valence electrons. The highest BCUT2D eigenvalue weighted by atomic mass is 16.5. The molecular formula is C11H20N4O. The highest BCUT2D eigenvalue weighted by Gasteiger charge is 2.29. The average molecular weight is 224 g/mol. The third-order valence-corrected chi connectivity index (χ3v) is 3.13. The standard InChI is InChI=1S/C11H20N4O/c1-2-5-15-10(13-9-14-15)8-11(12)3-6-16-7-4-11/h9H,2-8,12H2,1H3. The van der Waals surface area contributed by atoms with Gasteiger partial charge in [0.25, 0.3) is 0 Å². The third kappa shape index (κ3) is 2.59.